The molecule has 0 nitrogen and oxygen atoms in total. The van der Waals surface area contributed by atoms with Crippen LogP contribution >= 0.6 is 0 Å². The van der Waals surface area contributed by atoms with Gasteiger partial charge in [-0.3, -0.25) is 0 Å². The average Bonchev–Trinajstić information content (AvgIpc) is 1.82. The summed E-state index contributed by atoms with van der Waals surface area (Å²) in [5.41, 5.74) is 0.282. The Morgan fingerprint density at radius 1 is 1.23 bits per heavy atom. The van der Waals surface area contributed by atoms with E-state index in [0.717, 1.165) is 0 Å². The predicted octanol–water partition coefficient (Wildman–Crippen LogP) is 3.36. The molecule has 0 spiro atoms. The molecule has 76 valence electrons. The zero-order valence-corrected chi connectivity index (χ0v) is 15.3. The van der Waals surface area contributed by atoms with Crippen LogP contribution in [0.3, 0.4) is 0 Å². The number of rotatable bonds is 1. The minimum absolute atomic E-state index is 0. The molecule has 0 amide bonds. The summed E-state index contributed by atoms with van der Waals surface area (Å²) in [4.78, 5) is 0. The van der Waals surface area contributed by atoms with Crippen molar-refractivity contribution in [2.75, 3.05) is 0 Å². The molecule has 0 aromatic heterocycles. The second-order valence-electron chi connectivity index (χ2n) is 4.28. The monoisotopic (exact) mass is 520 g/mol. The van der Waals surface area contributed by atoms with Crippen LogP contribution in [0.1, 0.15) is 41.5 Å². The summed E-state index contributed by atoms with van der Waals surface area (Å²) in [7, 11) is 0. The van der Waals surface area contributed by atoms with E-state index in [1.54, 1.807) is 6.08 Å². The molecule has 0 aliphatic heterocycles. The molecule has 0 aromatic rings. The van der Waals surface area contributed by atoms with Gasteiger partial charge in [-0.2, -0.15) is 20.8 Å². The number of hydrogen-bond donors (Lipinski definition) is 0. The van der Waals surface area contributed by atoms with Crippen molar-refractivity contribution in [3.8, 4) is 0 Å². The van der Waals surface area contributed by atoms with Crippen LogP contribution in [-0.2, 0) is 40.4 Å². The Morgan fingerprint density at radius 2 is 1.46 bits per heavy atom. The van der Waals surface area contributed by atoms with Gasteiger partial charge in [-0.25, -0.2) is 0 Å². The van der Waals surface area contributed by atoms with E-state index in [1.807, 2.05) is 0 Å². The zero-order valence-electron chi connectivity index (χ0n) is 9.47. The molecule has 0 aliphatic carbocycles. The normalized spacial score (nSPS) is 9.46. The number of hydrogen-bond acceptors (Lipinski definition) is 0. The molecule has 2 heteroatoms. The first-order valence-corrected chi connectivity index (χ1v) is 5.54. The van der Waals surface area contributed by atoms with Crippen molar-refractivity contribution in [3.63, 3.8) is 0 Å². The predicted molar refractivity (Wildman–Crippen MR) is 53.6 cm³/mol. The van der Waals surface area contributed by atoms with Crippen molar-refractivity contribution < 1.29 is 40.4 Å². The zero-order chi connectivity index (χ0) is 10.4. The molecule has 0 fully saturated rings. The Bertz CT molecular complexity index is 138. The van der Waals surface area contributed by atoms with Crippen molar-refractivity contribution in [2.45, 2.75) is 41.5 Å². The van der Waals surface area contributed by atoms with E-state index in [4.69, 9.17) is 6.58 Å². The Balaban J connectivity index is -0.000000173. The maximum Gasteiger partial charge on any atom is 2.00 e. The van der Waals surface area contributed by atoms with Gasteiger partial charge < -0.3 is 5.92 Å². The molecule has 0 aromatic carbocycles. The van der Waals surface area contributed by atoms with Crippen LogP contribution in [0.5, 0.6) is 0 Å². The van der Waals surface area contributed by atoms with E-state index in [0.29, 0.717) is 0 Å². The summed E-state index contributed by atoms with van der Waals surface area (Å²) in [5, 5.41) is 0. The minimum atomic E-state index is 0. The van der Waals surface area contributed by atoms with Gasteiger partial charge in [-0.05, 0) is 0 Å². The van der Waals surface area contributed by atoms with Gasteiger partial charge in [-0.15, -0.1) is 0 Å². The molecule has 0 unspecified atom stereocenters. The van der Waals surface area contributed by atoms with Crippen molar-refractivity contribution in [1.29, 1.82) is 0 Å². The van der Waals surface area contributed by atoms with E-state index >= 15 is 0 Å². The quantitative estimate of drug-likeness (QED) is 0.466. The molecule has 13 heavy (non-hydrogen) atoms. The molecule has 0 bridgehead atoms. The van der Waals surface area contributed by atoms with E-state index in [9.17, 15) is 0 Å². The van der Waals surface area contributed by atoms with Crippen LogP contribution in [0.4, 0.5) is 0 Å². The van der Waals surface area contributed by atoms with Crippen molar-refractivity contribution in [3.05, 3.63) is 18.6 Å². The Kier molecular flexibility index (Phi) is 14.3. The smallest absolute Gasteiger partial charge is 2.00 e. The van der Waals surface area contributed by atoms with E-state index in [2.05, 4.69) is 41.5 Å². The Hall–Kier alpha value is 0.987. The number of allylic oxidation sites excluding steroid dienone is 1. The first kappa shape index (κ1) is 19.5. The molecule has 0 heterocycles. The summed E-state index contributed by atoms with van der Waals surface area (Å²) >= 11 is 1.47. The van der Waals surface area contributed by atoms with Crippen molar-refractivity contribution in [2.24, 2.45) is 5.41 Å². The third kappa shape index (κ3) is 19.4. The van der Waals surface area contributed by atoms with Crippen LogP contribution < -0.4 is 0 Å². The van der Waals surface area contributed by atoms with Crippen LogP contribution in [0.15, 0.2) is 6.08 Å². The SMILES string of the molecule is C[C-](C)C.[CH-]=C[C](=[W])C(C)(C)C.[W+2]. The van der Waals surface area contributed by atoms with Gasteiger partial charge in [-0.1, -0.05) is 0 Å². The summed E-state index contributed by atoms with van der Waals surface area (Å²) in [6, 6.07) is 0. The summed E-state index contributed by atoms with van der Waals surface area (Å²) in [6.07, 6.45) is 1.70. The van der Waals surface area contributed by atoms with Gasteiger partial charge in [0.1, 0.15) is 0 Å². The van der Waals surface area contributed by atoms with E-state index in [1.165, 1.54) is 29.2 Å². The largest absolute Gasteiger partial charge is 2.00 e. The van der Waals surface area contributed by atoms with Crippen molar-refractivity contribution >= 4 is 3.90 Å². The molecular formula is C11H20W2. The maximum absolute atomic E-state index is 5.32. The second kappa shape index (κ2) is 9.54. The first-order chi connectivity index (χ1) is 5.21. The molecule has 0 saturated carbocycles. The van der Waals surface area contributed by atoms with Gasteiger partial charge >= 0.3 is 83.2 Å². The fourth-order valence-corrected chi connectivity index (χ4v) is 0.250. The van der Waals surface area contributed by atoms with Crippen molar-refractivity contribution in [1.82, 2.24) is 0 Å². The van der Waals surface area contributed by atoms with Crippen LogP contribution in [0.25, 0.3) is 0 Å². The topological polar surface area (TPSA) is 0 Å². The molecule has 0 aliphatic rings. The third-order valence-electron chi connectivity index (χ3n) is 0.891. The van der Waals surface area contributed by atoms with Gasteiger partial charge in [0.25, 0.3) is 0 Å². The molecule has 0 saturated heterocycles. The molecular weight excluding hydrogens is 500 g/mol. The summed E-state index contributed by atoms with van der Waals surface area (Å²) in [5.74, 6) is 1.42. The molecule has 0 radical (unpaired) electrons. The third-order valence-corrected chi connectivity index (χ3v) is 3.58. The molecule has 0 N–H and O–H groups in total. The van der Waals surface area contributed by atoms with Gasteiger partial charge in [0.2, 0.25) is 0 Å². The minimum Gasteiger partial charge on any atom is 2.00 e. The van der Waals surface area contributed by atoms with Gasteiger partial charge in [0.15, 0.2) is 0 Å². The van der Waals surface area contributed by atoms with Gasteiger partial charge in [0.05, 0.1) is 0 Å². The van der Waals surface area contributed by atoms with Crippen LogP contribution in [-0.4, -0.2) is 3.90 Å². The fraction of sp³-hybridized carbons (Fsp3) is 0.636. The average molecular weight is 520 g/mol. The standard InChI is InChI=1S/C7H11.C4H9.2W/c1-5-6-7(2,3)4;1-4(2)3;;/h1,5H,2-4H3;1-3H3;;/q2*-1;;+2. The summed E-state index contributed by atoms with van der Waals surface area (Å²) in [6.45, 7) is 18.1. The van der Waals surface area contributed by atoms with Crippen LogP contribution in [0, 0.1) is 17.9 Å². The molecule has 0 rings (SSSR count). The van der Waals surface area contributed by atoms with E-state index in [-0.39, 0.29) is 26.5 Å². The van der Waals surface area contributed by atoms with E-state index < -0.39 is 0 Å². The Morgan fingerprint density at radius 3 is 1.46 bits per heavy atom. The maximum atomic E-state index is 5.32. The second-order valence-corrected chi connectivity index (χ2v) is 5.86. The Labute approximate surface area is 109 Å². The fourth-order valence-electron chi connectivity index (χ4n) is 0.250. The summed E-state index contributed by atoms with van der Waals surface area (Å²) < 4.78 is 1.32. The first-order valence-electron chi connectivity index (χ1n) is 4.08. The van der Waals surface area contributed by atoms with Crippen LogP contribution in [0.2, 0.25) is 0 Å². The van der Waals surface area contributed by atoms with Gasteiger partial charge in [0, 0.05) is 0 Å². The molecule has 0 atom stereocenters.